The van der Waals surface area contributed by atoms with Crippen LogP contribution in [0, 0.1) is 0 Å². The molecule has 0 unspecified atom stereocenters. The molecule has 18 heavy (non-hydrogen) atoms. The van der Waals surface area contributed by atoms with Gasteiger partial charge in [0.05, 0.1) is 11.1 Å². The van der Waals surface area contributed by atoms with Crippen LogP contribution in [0.3, 0.4) is 0 Å². The minimum Gasteiger partial charge on any atom is -0.506 e. The molecule has 1 aromatic rings. The molecule has 0 aromatic heterocycles. The molecule has 1 aromatic carbocycles. The van der Waals surface area contributed by atoms with E-state index in [9.17, 15) is 5.11 Å². The fourth-order valence-electron chi connectivity index (χ4n) is 1.60. The fourth-order valence-corrected chi connectivity index (χ4v) is 1.79. The highest BCUT2D eigenvalue weighted by molar-refractivity contribution is 6.32. The number of aromatic hydroxyl groups is 1. The lowest BCUT2D eigenvalue weighted by Gasteiger charge is -2.09. The fraction of sp³-hybridized carbons (Fsp3) is 0.571. The zero-order valence-corrected chi connectivity index (χ0v) is 11.8. The van der Waals surface area contributed by atoms with Gasteiger partial charge in [-0.2, -0.15) is 0 Å². The van der Waals surface area contributed by atoms with Crippen LogP contribution in [0.1, 0.15) is 32.3 Å². The van der Waals surface area contributed by atoms with Gasteiger partial charge in [-0.25, -0.2) is 0 Å². The van der Waals surface area contributed by atoms with Gasteiger partial charge in [0.2, 0.25) is 0 Å². The third kappa shape index (κ3) is 5.71. The lowest BCUT2D eigenvalue weighted by atomic mass is 10.2. The second kappa shape index (κ2) is 8.35. The Balaban J connectivity index is 2.13. The summed E-state index contributed by atoms with van der Waals surface area (Å²) in [5, 5.41) is 13.4. The number of unbranched alkanes of at least 4 members (excludes halogenated alkanes) is 1. The van der Waals surface area contributed by atoms with E-state index in [1.54, 1.807) is 6.07 Å². The highest BCUT2D eigenvalue weighted by Crippen LogP contribution is 2.26. The molecule has 0 radical (unpaired) electrons. The summed E-state index contributed by atoms with van der Waals surface area (Å²) >= 11 is 5.83. The molecular formula is C14H22ClNO2. The normalized spacial score (nSPS) is 11.1. The van der Waals surface area contributed by atoms with E-state index in [2.05, 4.69) is 5.32 Å². The summed E-state index contributed by atoms with van der Waals surface area (Å²) in [5.41, 5.74) is 0.834. The van der Waals surface area contributed by atoms with Crippen molar-refractivity contribution in [2.45, 2.75) is 39.3 Å². The van der Waals surface area contributed by atoms with Crippen molar-refractivity contribution in [3.05, 3.63) is 28.8 Å². The summed E-state index contributed by atoms with van der Waals surface area (Å²) in [6, 6.07) is 5.40. The Morgan fingerprint density at radius 2 is 2.11 bits per heavy atom. The first-order valence-corrected chi connectivity index (χ1v) is 6.77. The highest BCUT2D eigenvalue weighted by Gasteiger charge is 2.03. The van der Waals surface area contributed by atoms with Gasteiger partial charge in [0.1, 0.15) is 5.75 Å². The maximum Gasteiger partial charge on any atom is 0.138 e. The van der Waals surface area contributed by atoms with Gasteiger partial charge in [-0.15, -0.1) is 0 Å². The SMILES string of the molecule is CC(C)OCCCCNCc1cccc(Cl)c1O. The number of benzene rings is 1. The predicted molar refractivity (Wildman–Crippen MR) is 75.1 cm³/mol. The van der Waals surface area contributed by atoms with Crippen molar-refractivity contribution in [1.29, 1.82) is 0 Å². The number of rotatable bonds is 8. The molecule has 0 aliphatic rings. The molecule has 0 amide bonds. The minimum absolute atomic E-state index is 0.176. The molecular weight excluding hydrogens is 250 g/mol. The molecule has 102 valence electrons. The Hall–Kier alpha value is -0.770. The summed E-state index contributed by atoms with van der Waals surface area (Å²) in [6.45, 7) is 6.44. The van der Waals surface area contributed by atoms with E-state index < -0.39 is 0 Å². The molecule has 0 bridgehead atoms. The van der Waals surface area contributed by atoms with E-state index in [0.717, 1.165) is 31.6 Å². The Morgan fingerprint density at radius 3 is 2.83 bits per heavy atom. The molecule has 2 N–H and O–H groups in total. The van der Waals surface area contributed by atoms with Crippen molar-refractivity contribution in [3.63, 3.8) is 0 Å². The quantitative estimate of drug-likeness (QED) is 0.713. The Kier molecular flexibility index (Phi) is 7.09. The van der Waals surface area contributed by atoms with Crippen LogP contribution in [0.4, 0.5) is 0 Å². The van der Waals surface area contributed by atoms with Crippen molar-refractivity contribution in [1.82, 2.24) is 5.32 Å². The maximum absolute atomic E-state index is 9.71. The lowest BCUT2D eigenvalue weighted by Crippen LogP contribution is -2.15. The second-order valence-electron chi connectivity index (χ2n) is 4.55. The third-order valence-corrected chi connectivity index (χ3v) is 2.89. The molecule has 0 aliphatic heterocycles. The number of para-hydroxylation sites is 1. The van der Waals surface area contributed by atoms with Gasteiger partial charge in [-0.3, -0.25) is 0 Å². The van der Waals surface area contributed by atoms with Crippen LogP contribution in [0.2, 0.25) is 5.02 Å². The number of hydrogen-bond donors (Lipinski definition) is 2. The smallest absolute Gasteiger partial charge is 0.138 e. The number of phenolic OH excluding ortho intramolecular Hbond substituents is 1. The Labute approximate surface area is 114 Å². The van der Waals surface area contributed by atoms with Gasteiger partial charge in [0.25, 0.3) is 0 Å². The molecule has 0 heterocycles. The second-order valence-corrected chi connectivity index (χ2v) is 4.96. The molecule has 0 atom stereocenters. The molecule has 0 aliphatic carbocycles. The predicted octanol–water partition coefficient (Wildman–Crippen LogP) is 3.34. The standard InChI is InChI=1S/C14H22ClNO2/c1-11(2)18-9-4-3-8-16-10-12-6-5-7-13(15)14(12)17/h5-7,11,16-17H,3-4,8-10H2,1-2H3. The zero-order chi connectivity index (χ0) is 13.4. The van der Waals surface area contributed by atoms with Crippen LogP contribution in [0.25, 0.3) is 0 Å². The van der Waals surface area contributed by atoms with E-state index in [1.165, 1.54) is 0 Å². The van der Waals surface area contributed by atoms with Crippen molar-refractivity contribution >= 4 is 11.6 Å². The summed E-state index contributed by atoms with van der Waals surface area (Å²) in [5.74, 6) is 0.176. The third-order valence-electron chi connectivity index (χ3n) is 2.58. The Bertz CT molecular complexity index is 356. The van der Waals surface area contributed by atoms with Crippen LogP contribution < -0.4 is 5.32 Å². The van der Waals surface area contributed by atoms with E-state index in [0.29, 0.717) is 17.7 Å². The van der Waals surface area contributed by atoms with Gasteiger partial charge in [-0.1, -0.05) is 23.7 Å². The first-order valence-electron chi connectivity index (χ1n) is 6.40. The van der Waals surface area contributed by atoms with Crippen LogP contribution in [0.15, 0.2) is 18.2 Å². The summed E-state index contributed by atoms with van der Waals surface area (Å²) in [7, 11) is 0. The monoisotopic (exact) mass is 271 g/mol. The van der Waals surface area contributed by atoms with E-state index in [1.807, 2.05) is 26.0 Å². The largest absolute Gasteiger partial charge is 0.506 e. The molecule has 1 rings (SSSR count). The average Bonchev–Trinajstić information content (AvgIpc) is 2.32. The van der Waals surface area contributed by atoms with Crippen molar-refractivity contribution in [2.75, 3.05) is 13.2 Å². The molecule has 0 saturated carbocycles. The zero-order valence-electron chi connectivity index (χ0n) is 11.1. The number of ether oxygens (including phenoxy) is 1. The molecule has 0 spiro atoms. The number of halogens is 1. The van der Waals surface area contributed by atoms with E-state index in [-0.39, 0.29) is 5.75 Å². The van der Waals surface area contributed by atoms with Crippen LogP contribution in [-0.4, -0.2) is 24.4 Å². The van der Waals surface area contributed by atoms with E-state index >= 15 is 0 Å². The summed E-state index contributed by atoms with van der Waals surface area (Å²) in [4.78, 5) is 0. The average molecular weight is 272 g/mol. The first-order chi connectivity index (χ1) is 8.61. The van der Waals surface area contributed by atoms with Gasteiger partial charge in [0.15, 0.2) is 0 Å². The van der Waals surface area contributed by atoms with Gasteiger partial charge >= 0.3 is 0 Å². The Morgan fingerprint density at radius 1 is 1.33 bits per heavy atom. The van der Waals surface area contributed by atoms with Gasteiger partial charge in [-0.05, 0) is 39.3 Å². The summed E-state index contributed by atoms with van der Waals surface area (Å²) in [6.07, 6.45) is 2.42. The lowest BCUT2D eigenvalue weighted by molar-refractivity contribution is 0.0760. The minimum atomic E-state index is 0.176. The van der Waals surface area contributed by atoms with Crippen LogP contribution in [-0.2, 0) is 11.3 Å². The first kappa shape index (κ1) is 15.3. The van der Waals surface area contributed by atoms with Gasteiger partial charge < -0.3 is 15.2 Å². The van der Waals surface area contributed by atoms with Gasteiger partial charge in [0, 0.05) is 18.7 Å². The van der Waals surface area contributed by atoms with Crippen molar-refractivity contribution in [3.8, 4) is 5.75 Å². The molecule has 4 heteroatoms. The van der Waals surface area contributed by atoms with Crippen molar-refractivity contribution < 1.29 is 9.84 Å². The van der Waals surface area contributed by atoms with E-state index in [4.69, 9.17) is 16.3 Å². The topological polar surface area (TPSA) is 41.5 Å². The summed E-state index contributed by atoms with van der Waals surface area (Å²) < 4.78 is 5.46. The van der Waals surface area contributed by atoms with Crippen LogP contribution >= 0.6 is 11.6 Å². The maximum atomic E-state index is 9.71. The van der Waals surface area contributed by atoms with Crippen molar-refractivity contribution in [2.24, 2.45) is 0 Å². The number of phenols is 1. The number of hydrogen-bond acceptors (Lipinski definition) is 3. The molecule has 0 fully saturated rings. The van der Waals surface area contributed by atoms with Crippen LogP contribution in [0.5, 0.6) is 5.75 Å². The highest BCUT2D eigenvalue weighted by atomic mass is 35.5. The molecule has 3 nitrogen and oxygen atoms in total. The molecule has 0 saturated heterocycles. The number of nitrogens with one attached hydrogen (secondary N) is 1.